The molecule has 0 bridgehead atoms. The first-order valence-electron chi connectivity index (χ1n) is 6.81. The molecule has 0 aliphatic carbocycles. The Labute approximate surface area is 130 Å². The van der Waals surface area contributed by atoms with Crippen LogP contribution in [0.2, 0.25) is 0 Å². The van der Waals surface area contributed by atoms with Crippen LogP contribution in [-0.4, -0.2) is 17.8 Å². The fraction of sp³-hybridized carbons (Fsp3) is 0.0625. The summed E-state index contributed by atoms with van der Waals surface area (Å²) in [4.78, 5) is 34.9. The van der Waals surface area contributed by atoms with Gasteiger partial charge in [-0.15, -0.1) is 0 Å². The standard InChI is InChI=1S/C16H12FN3O3/c17-11-6-4-9(5-7-11)14(21)18-12-3-1-2-10(8-12)13-15(22)20-16(23)19-13/h1-8,13H,(H,18,21)(H2,19,20,22,23). The number of carbonyl (C=O) groups excluding carboxylic acids is 3. The molecule has 0 spiro atoms. The van der Waals surface area contributed by atoms with E-state index in [1.165, 1.54) is 24.3 Å². The van der Waals surface area contributed by atoms with Gasteiger partial charge in [-0.05, 0) is 42.0 Å². The summed E-state index contributed by atoms with van der Waals surface area (Å²) in [5.41, 5.74) is 1.32. The number of nitrogens with one attached hydrogen (secondary N) is 3. The molecule has 1 aliphatic heterocycles. The van der Waals surface area contributed by atoms with Crippen molar-refractivity contribution in [3.8, 4) is 0 Å². The number of benzene rings is 2. The second-order valence-electron chi connectivity index (χ2n) is 4.98. The summed E-state index contributed by atoms with van der Waals surface area (Å²) < 4.78 is 12.9. The van der Waals surface area contributed by atoms with Crippen molar-refractivity contribution < 1.29 is 18.8 Å². The highest BCUT2D eigenvalue weighted by atomic mass is 19.1. The highest BCUT2D eigenvalue weighted by Gasteiger charge is 2.30. The Bertz CT molecular complexity index is 789. The Morgan fingerprint density at radius 1 is 1.09 bits per heavy atom. The molecule has 1 saturated heterocycles. The first-order chi connectivity index (χ1) is 11.0. The number of carbonyl (C=O) groups is 3. The maximum atomic E-state index is 12.9. The van der Waals surface area contributed by atoms with Crippen molar-refractivity contribution >= 4 is 23.5 Å². The smallest absolute Gasteiger partial charge is 0.322 e. The minimum atomic E-state index is -0.787. The van der Waals surface area contributed by atoms with E-state index >= 15 is 0 Å². The van der Waals surface area contributed by atoms with Crippen molar-refractivity contribution in [3.63, 3.8) is 0 Å². The largest absolute Gasteiger partial charge is 0.322 e. The van der Waals surface area contributed by atoms with E-state index < -0.39 is 29.7 Å². The van der Waals surface area contributed by atoms with Crippen LogP contribution >= 0.6 is 0 Å². The predicted octanol–water partition coefficient (Wildman–Crippen LogP) is 1.96. The van der Waals surface area contributed by atoms with Gasteiger partial charge >= 0.3 is 6.03 Å². The van der Waals surface area contributed by atoms with E-state index in [2.05, 4.69) is 16.0 Å². The lowest BCUT2D eigenvalue weighted by Gasteiger charge is -2.10. The number of imide groups is 1. The van der Waals surface area contributed by atoms with E-state index in [0.717, 1.165) is 0 Å². The molecule has 23 heavy (non-hydrogen) atoms. The highest BCUT2D eigenvalue weighted by Crippen LogP contribution is 2.20. The summed E-state index contributed by atoms with van der Waals surface area (Å²) in [6.45, 7) is 0. The van der Waals surface area contributed by atoms with Gasteiger partial charge in [0.1, 0.15) is 11.9 Å². The molecule has 3 N–H and O–H groups in total. The van der Waals surface area contributed by atoms with Gasteiger partial charge in [-0.25, -0.2) is 9.18 Å². The van der Waals surface area contributed by atoms with Crippen molar-refractivity contribution in [2.75, 3.05) is 5.32 Å². The SMILES string of the molecule is O=C1NC(=O)C(c2cccc(NC(=O)c3ccc(F)cc3)c2)N1. The second kappa shape index (κ2) is 5.88. The molecule has 1 atom stereocenters. The summed E-state index contributed by atoms with van der Waals surface area (Å²) in [6, 6.07) is 10.4. The molecular formula is C16H12FN3O3. The van der Waals surface area contributed by atoms with E-state index in [1.807, 2.05) is 0 Å². The van der Waals surface area contributed by atoms with Crippen molar-refractivity contribution in [2.24, 2.45) is 0 Å². The zero-order valence-corrected chi connectivity index (χ0v) is 11.8. The summed E-state index contributed by atoms with van der Waals surface area (Å²) in [7, 11) is 0. The van der Waals surface area contributed by atoms with Gasteiger partial charge in [0.15, 0.2) is 0 Å². The van der Waals surface area contributed by atoms with Gasteiger partial charge in [0.2, 0.25) is 0 Å². The number of hydrogen-bond donors (Lipinski definition) is 3. The van der Waals surface area contributed by atoms with Crippen LogP contribution in [-0.2, 0) is 4.79 Å². The van der Waals surface area contributed by atoms with Crippen LogP contribution in [0.25, 0.3) is 0 Å². The van der Waals surface area contributed by atoms with E-state index in [0.29, 0.717) is 16.8 Å². The average molecular weight is 313 g/mol. The number of halogens is 1. The molecule has 2 aromatic carbocycles. The zero-order valence-electron chi connectivity index (χ0n) is 11.8. The molecule has 0 aromatic heterocycles. The molecule has 7 heteroatoms. The molecular weight excluding hydrogens is 301 g/mol. The molecule has 0 saturated carbocycles. The van der Waals surface area contributed by atoms with Gasteiger partial charge in [-0.2, -0.15) is 0 Å². The second-order valence-corrected chi connectivity index (χ2v) is 4.98. The number of anilines is 1. The minimum Gasteiger partial charge on any atom is -0.322 e. The summed E-state index contributed by atoms with van der Waals surface area (Å²) >= 11 is 0. The number of urea groups is 1. The van der Waals surface area contributed by atoms with E-state index in [1.54, 1.807) is 24.3 Å². The van der Waals surface area contributed by atoms with Gasteiger partial charge in [-0.3, -0.25) is 14.9 Å². The number of amides is 4. The van der Waals surface area contributed by atoms with Crippen LogP contribution < -0.4 is 16.0 Å². The molecule has 1 unspecified atom stereocenters. The average Bonchev–Trinajstić information content (AvgIpc) is 2.87. The van der Waals surface area contributed by atoms with Crippen LogP contribution in [0.1, 0.15) is 22.0 Å². The first-order valence-corrected chi connectivity index (χ1v) is 6.81. The maximum Gasteiger partial charge on any atom is 0.322 e. The van der Waals surface area contributed by atoms with Crippen molar-refractivity contribution in [2.45, 2.75) is 6.04 Å². The lowest BCUT2D eigenvalue weighted by Crippen LogP contribution is -2.22. The van der Waals surface area contributed by atoms with Crippen molar-refractivity contribution in [1.82, 2.24) is 10.6 Å². The first kappa shape index (κ1) is 14.7. The molecule has 3 rings (SSSR count). The lowest BCUT2D eigenvalue weighted by molar-refractivity contribution is -0.120. The third-order valence-corrected chi connectivity index (χ3v) is 3.36. The van der Waals surface area contributed by atoms with Crippen molar-refractivity contribution in [3.05, 3.63) is 65.5 Å². The van der Waals surface area contributed by atoms with E-state index in [4.69, 9.17) is 0 Å². The molecule has 6 nitrogen and oxygen atoms in total. The van der Waals surface area contributed by atoms with E-state index in [-0.39, 0.29) is 0 Å². The fourth-order valence-electron chi connectivity index (χ4n) is 2.25. The summed E-state index contributed by atoms with van der Waals surface area (Å²) in [6.07, 6.45) is 0. The normalized spacial score (nSPS) is 16.7. The van der Waals surface area contributed by atoms with Crippen LogP contribution in [0, 0.1) is 5.82 Å². The highest BCUT2D eigenvalue weighted by molar-refractivity contribution is 6.05. The van der Waals surface area contributed by atoms with Gasteiger partial charge in [-0.1, -0.05) is 12.1 Å². The van der Waals surface area contributed by atoms with Gasteiger partial charge < -0.3 is 10.6 Å². The number of rotatable bonds is 3. The topological polar surface area (TPSA) is 87.3 Å². The van der Waals surface area contributed by atoms with Gasteiger partial charge in [0.25, 0.3) is 11.8 Å². The molecule has 116 valence electrons. The molecule has 1 fully saturated rings. The quantitative estimate of drug-likeness (QED) is 0.757. The predicted molar refractivity (Wildman–Crippen MR) is 80.2 cm³/mol. The monoisotopic (exact) mass is 313 g/mol. The maximum absolute atomic E-state index is 12.9. The Morgan fingerprint density at radius 3 is 2.48 bits per heavy atom. The summed E-state index contributed by atoms with van der Waals surface area (Å²) in [5.74, 6) is -1.27. The Kier molecular flexibility index (Phi) is 3.76. The minimum absolute atomic E-state index is 0.309. The van der Waals surface area contributed by atoms with Crippen LogP contribution in [0.5, 0.6) is 0 Å². The van der Waals surface area contributed by atoms with Gasteiger partial charge in [0.05, 0.1) is 0 Å². The summed E-state index contributed by atoms with van der Waals surface area (Å²) in [5, 5.41) is 7.29. The van der Waals surface area contributed by atoms with E-state index in [9.17, 15) is 18.8 Å². The molecule has 1 aliphatic rings. The van der Waals surface area contributed by atoms with Crippen molar-refractivity contribution in [1.29, 1.82) is 0 Å². The number of hydrogen-bond acceptors (Lipinski definition) is 3. The fourth-order valence-corrected chi connectivity index (χ4v) is 2.25. The Hall–Kier alpha value is -3.22. The van der Waals surface area contributed by atoms with Crippen LogP contribution in [0.15, 0.2) is 48.5 Å². The molecule has 1 heterocycles. The lowest BCUT2D eigenvalue weighted by atomic mass is 10.1. The Balaban J connectivity index is 1.77. The van der Waals surface area contributed by atoms with Crippen LogP contribution in [0.3, 0.4) is 0 Å². The molecule has 2 aromatic rings. The zero-order chi connectivity index (χ0) is 16.4. The van der Waals surface area contributed by atoms with Crippen LogP contribution in [0.4, 0.5) is 14.9 Å². The Morgan fingerprint density at radius 2 is 1.83 bits per heavy atom. The third kappa shape index (κ3) is 3.18. The molecule has 0 radical (unpaired) electrons. The third-order valence-electron chi connectivity index (χ3n) is 3.36. The molecule has 4 amide bonds. The van der Waals surface area contributed by atoms with Gasteiger partial charge in [0, 0.05) is 11.3 Å².